The first-order chi connectivity index (χ1) is 20.6. The van der Waals surface area contributed by atoms with Crippen LogP contribution in [0.5, 0.6) is 0 Å². The number of nitrogens with zero attached hydrogens (tertiary/aromatic N) is 6. The molecule has 13 heteroatoms. The molecule has 6 rings (SSSR count). The van der Waals surface area contributed by atoms with Crippen LogP contribution in [0.2, 0.25) is 0 Å². The normalized spacial score (nSPS) is 17.8. The molecule has 1 aliphatic carbocycles. The van der Waals surface area contributed by atoms with Crippen molar-refractivity contribution in [3.63, 3.8) is 0 Å². The van der Waals surface area contributed by atoms with Crippen molar-refractivity contribution in [2.24, 2.45) is 0 Å². The number of hydrogen-bond acceptors (Lipinski definition) is 9. The van der Waals surface area contributed by atoms with Crippen LogP contribution < -0.4 is 9.80 Å². The summed E-state index contributed by atoms with van der Waals surface area (Å²) in [5.41, 5.74) is 3.27. The van der Waals surface area contributed by atoms with Gasteiger partial charge in [0.2, 0.25) is 10.0 Å². The summed E-state index contributed by atoms with van der Waals surface area (Å²) in [7, 11) is -3.44. The van der Waals surface area contributed by atoms with Crippen LogP contribution in [0, 0.1) is 23.0 Å². The second-order valence-electron chi connectivity index (χ2n) is 10.9. The number of anilines is 3. The molecule has 1 N–H and O–H groups in total. The Labute approximate surface area is 252 Å². The van der Waals surface area contributed by atoms with Crippen molar-refractivity contribution in [3.05, 3.63) is 64.7 Å². The van der Waals surface area contributed by atoms with E-state index in [1.165, 1.54) is 33.8 Å². The van der Waals surface area contributed by atoms with E-state index in [-0.39, 0.29) is 43.5 Å². The minimum atomic E-state index is -3.44. The zero-order valence-electron chi connectivity index (χ0n) is 23.7. The summed E-state index contributed by atoms with van der Waals surface area (Å²) >= 11 is 1.21. The fourth-order valence-electron chi connectivity index (χ4n) is 5.59. The lowest BCUT2D eigenvalue weighted by molar-refractivity contribution is 0.218. The van der Waals surface area contributed by atoms with Crippen molar-refractivity contribution >= 4 is 48.8 Å². The van der Waals surface area contributed by atoms with E-state index in [1.807, 2.05) is 28.9 Å². The number of piperazine rings is 1. The summed E-state index contributed by atoms with van der Waals surface area (Å²) < 4.78 is 55.2. The van der Waals surface area contributed by atoms with Gasteiger partial charge in [-0.1, -0.05) is 11.3 Å². The second kappa shape index (κ2) is 11.4. The molecular formula is C30H30F2N6O3S2. The van der Waals surface area contributed by atoms with Crippen LogP contribution in [0.25, 0.3) is 22.2 Å². The molecule has 3 heterocycles. The van der Waals surface area contributed by atoms with E-state index < -0.39 is 21.9 Å². The molecule has 2 aromatic heterocycles. The zero-order valence-corrected chi connectivity index (χ0v) is 25.3. The van der Waals surface area contributed by atoms with Crippen LogP contribution in [-0.4, -0.2) is 72.9 Å². The molecule has 2 aromatic carbocycles. The van der Waals surface area contributed by atoms with E-state index in [9.17, 15) is 23.2 Å². The summed E-state index contributed by atoms with van der Waals surface area (Å²) in [6.07, 6.45) is 3.08. The molecular weight excluding hydrogens is 594 g/mol. The van der Waals surface area contributed by atoms with Gasteiger partial charge in [-0.05, 0) is 62.2 Å². The molecule has 2 fully saturated rings. The van der Waals surface area contributed by atoms with Crippen molar-refractivity contribution in [1.82, 2.24) is 14.3 Å². The predicted molar refractivity (Wildman–Crippen MR) is 163 cm³/mol. The maximum absolute atomic E-state index is 15.9. The van der Waals surface area contributed by atoms with Gasteiger partial charge in [-0.3, -0.25) is 0 Å². The van der Waals surface area contributed by atoms with Gasteiger partial charge in [0, 0.05) is 54.4 Å². The minimum absolute atomic E-state index is 0.0873. The fourth-order valence-corrected chi connectivity index (χ4v) is 7.41. The highest BCUT2D eigenvalue weighted by Gasteiger charge is 2.33. The Morgan fingerprint density at radius 1 is 1.14 bits per heavy atom. The molecule has 224 valence electrons. The van der Waals surface area contributed by atoms with Crippen LogP contribution in [0.15, 0.2) is 42.5 Å². The topological polar surface area (TPSA) is 114 Å². The van der Waals surface area contributed by atoms with E-state index in [0.717, 1.165) is 24.8 Å². The number of sulfonamides is 1. The van der Waals surface area contributed by atoms with Gasteiger partial charge in [0.05, 0.1) is 24.6 Å². The third-order valence-electron chi connectivity index (χ3n) is 7.98. The molecule has 9 nitrogen and oxygen atoms in total. The predicted octanol–water partition coefficient (Wildman–Crippen LogP) is 4.99. The largest absolute Gasteiger partial charge is 0.394 e. The Morgan fingerprint density at radius 3 is 2.51 bits per heavy atom. The lowest BCUT2D eigenvalue weighted by atomic mass is 10.1. The van der Waals surface area contributed by atoms with E-state index in [0.29, 0.717) is 44.6 Å². The van der Waals surface area contributed by atoms with Gasteiger partial charge < -0.3 is 14.9 Å². The molecule has 2 aliphatic rings. The van der Waals surface area contributed by atoms with Gasteiger partial charge in [-0.15, -0.1) is 0 Å². The smallest absolute Gasteiger partial charge is 0.211 e. The van der Waals surface area contributed by atoms with Crippen LogP contribution in [0.1, 0.15) is 36.3 Å². The Bertz CT molecular complexity index is 1840. The Kier molecular flexibility index (Phi) is 7.80. The van der Waals surface area contributed by atoms with E-state index in [1.54, 1.807) is 12.1 Å². The van der Waals surface area contributed by atoms with Gasteiger partial charge in [-0.2, -0.15) is 9.57 Å². The lowest BCUT2D eigenvalue weighted by Gasteiger charge is -2.41. The first-order valence-corrected chi connectivity index (χ1v) is 16.7. The molecule has 4 aromatic rings. The Balaban J connectivity index is 1.47. The van der Waals surface area contributed by atoms with Gasteiger partial charge in [0.15, 0.2) is 10.9 Å². The fraction of sp³-hybridized carbons (Fsp3) is 0.367. The van der Waals surface area contributed by atoms with Crippen LogP contribution in [0.4, 0.5) is 25.3 Å². The third kappa shape index (κ3) is 5.68. The van der Waals surface area contributed by atoms with Crippen molar-refractivity contribution in [2.45, 2.75) is 31.7 Å². The highest BCUT2D eigenvalue weighted by molar-refractivity contribution is 7.88. The van der Waals surface area contributed by atoms with Gasteiger partial charge in [0.25, 0.3) is 0 Å². The quantitative estimate of drug-likeness (QED) is 0.292. The highest BCUT2D eigenvalue weighted by Crippen LogP contribution is 2.45. The number of pyridine rings is 1. The summed E-state index contributed by atoms with van der Waals surface area (Å²) in [4.78, 5) is 13.7. The second-order valence-corrected chi connectivity index (χ2v) is 13.8. The molecule has 1 atom stereocenters. The minimum Gasteiger partial charge on any atom is -0.394 e. The van der Waals surface area contributed by atoms with E-state index >= 15 is 4.39 Å². The number of aromatic nitrogens is 2. The average molecular weight is 625 g/mol. The van der Waals surface area contributed by atoms with Crippen LogP contribution in [0.3, 0.4) is 0 Å². The number of rotatable bonds is 8. The number of benzene rings is 2. The molecule has 0 radical (unpaired) electrons. The van der Waals surface area contributed by atoms with Gasteiger partial charge >= 0.3 is 0 Å². The lowest BCUT2D eigenvalue weighted by Crippen LogP contribution is -2.56. The average Bonchev–Trinajstić information content (AvgIpc) is 3.76. The molecule has 0 bridgehead atoms. The first-order valence-electron chi connectivity index (χ1n) is 14.0. The maximum Gasteiger partial charge on any atom is 0.211 e. The maximum atomic E-state index is 15.9. The molecule has 1 aliphatic heterocycles. The molecule has 1 saturated heterocycles. The van der Waals surface area contributed by atoms with Crippen molar-refractivity contribution < 1.29 is 22.3 Å². The molecule has 43 heavy (non-hydrogen) atoms. The van der Waals surface area contributed by atoms with Crippen LogP contribution >= 0.6 is 11.3 Å². The summed E-state index contributed by atoms with van der Waals surface area (Å²) in [6, 6.07) is 12.7. The van der Waals surface area contributed by atoms with Crippen molar-refractivity contribution in [3.8, 4) is 17.3 Å². The monoisotopic (exact) mass is 624 g/mol. The third-order valence-corrected chi connectivity index (χ3v) is 10.2. The molecule has 0 spiro atoms. The number of nitriles is 1. The number of thiazole rings is 1. The van der Waals surface area contributed by atoms with E-state index in [4.69, 9.17) is 9.97 Å². The Hall–Kier alpha value is -3.70. The number of halogens is 2. The summed E-state index contributed by atoms with van der Waals surface area (Å²) in [5, 5.41) is 21.1. The number of aliphatic hydroxyl groups excluding tert-OH is 1. The number of aliphatic hydroxyl groups is 1. The standard InChI is InChI=1S/C30H30F2N6O3S2/c1-3-37(30-35-28(27(15-33)42-30)19-6-8-20(31)9-7-19)26-14-25(18-4-5-18)34-29-23(26)12-21(13-24(29)32)38-11-10-36(43(2,40)41)16-22(38)17-39/h6-9,12-14,18,22,39H,3-5,10-11,16-17H2,1-2H3/t22-/m1/s1. The van der Waals surface area contributed by atoms with E-state index in [2.05, 4.69) is 6.07 Å². The van der Waals surface area contributed by atoms with Crippen LogP contribution in [-0.2, 0) is 10.0 Å². The SMILES string of the molecule is CCN(c1nc(-c2ccc(F)cc2)c(C#N)s1)c1cc(C2CC2)nc2c(F)cc(N3CCN(S(C)(=O)=O)C[C@@H]3CO)cc12. The van der Waals surface area contributed by atoms with Crippen molar-refractivity contribution in [2.75, 3.05) is 48.8 Å². The Morgan fingerprint density at radius 2 is 1.88 bits per heavy atom. The summed E-state index contributed by atoms with van der Waals surface area (Å²) in [5.74, 6) is -0.661. The zero-order chi connectivity index (χ0) is 30.5. The number of fused-ring (bicyclic) bond motifs is 1. The number of hydrogen-bond donors (Lipinski definition) is 1. The van der Waals surface area contributed by atoms with Crippen molar-refractivity contribution in [1.29, 1.82) is 5.26 Å². The first kappa shape index (κ1) is 29.4. The summed E-state index contributed by atoms with van der Waals surface area (Å²) in [6.45, 7) is 2.68. The molecule has 0 unspecified atom stereocenters. The van der Waals surface area contributed by atoms with Gasteiger partial charge in [-0.25, -0.2) is 27.2 Å². The van der Waals surface area contributed by atoms with Gasteiger partial charge in [0.1, 0.15) is 28.0 Å². The molecule has 0 amide bonds. The molecule has 1 saturated carbocycles. The highest BCUT2D eigenvalue weighted by atomic mass is 32.2.